The van der Waals surface area contributed by atoms with E-state index in [4.69, 9.17) is 0 Å². The number of hydrogen-bond donors (Lipinski definition) is 0. The fourth-order valence-electron chi connectivity index (χ4n) is 0. The molecule has 40 valence electrons. The van der Waals surface area contributed by atoms with Crippen molar-refractivity contribution in [3.05, 3.63) is 0 Å². The van der Waals surface area contributed by atoms with Crippen LogP contribution in [-0.2, 0) is 22.4 Å². The molecule has 3 nitrogen and oxygen atoms in total. The molecular weight excluding hydrogens is 280 g/mol. The van der Waals surface area contributed by atoms with Gasteiger partial charge in [-0.3, -0.25) is 0 Å². The summed E-state index contributed by atoms with van der Waals surface area (Å²) in [6.45, 7) is 0. The van der Waals surface area contributed by atoms with Crippen LogP contribution in [0.15, 0.2) is 0 Å². The Morgan fingerprint density at radius 2 is 0.600 bits per heavy atom. The van der Waals surface area contributed by atoms with E-state index in [1.807, 2.05) is 0 Å². The average Bonchev–Trinajstić information content (AvgIpc) is 0. The topological polar surface area (TPSA) is 94.5 Å². The molecule has 0 saturated carbocycles. The van der Waals surface area contributed by atoms with E-state index >= 15 is 0 Å². The summed E-state index contributed by atoms with van der Waals surface area (Å²) in [5.41, 5.74) is 0. The molecule has 0 amide bonds. The molecule has 0 spiro atoms. The summed E-state index contributed by atoms with van der Waals surface area (Å²) in [6.07, 6.45) is 0. The molecule has 0 radical (unpaired) electrons. The molecule has 0 unspecified atom stereocenters. The molecule has 0 aromatic carbocycles. The summed E-state index contributed by atoms with van der Waals surface area (Å²) >= 11 is 0. The van der Waals surface area contributed by atoms with Gasteiger partial charge in [-0.15, -0.1) is 0 Å². The maximum absolute atomic E-state index is 0. The van der Waals surface area contributed by atoms with Gasteiger partial charge in [0.2, 0.25) is 0 Å². The summed E-state index contributed by atoms with van der Waals surface area (Å²) in [6, 6.07) is 0. The van der Waals surface area contributed by atoms with Crippen LogP contribution in [0.3, 0.4) is 0 Å². The molecule has 0 aliphatic rings. The van der Waals surface area contributed by atoms with Crippen LogP contribution in [-0.4, -0.2) is 16.4 Å². The van der Waals surface area contributed by atoms with Gasteiger partial charge < -0.3 is 28.8 Å². The van der Waals surface area contributed by atoms with Gasteiger partial charge in [0.1, 0.15) is 0 Å². The number of hydrogen-bond acceptors (Lipinski definition) is 0. The standard InChI is InChI=1S/Au.ClH.3H2O/h;1H;3*1H2/q+3;;;;/p-1. The van der Waals surface area contributed by atoms with Gasteiger partial charge in [-0.1, -0.05) is 0 Å². The first kappa shape index (κ1) is 172. The van der Waals surface area contributed by atoms with E-state index in [9.17, 15) is 0 Å². The summed E-state index contributed by atoms with van der Waals surface area (Å²) in [7, 11) is 0. The van der Waals surface area contributed by atoms with Gasteiger partial charge in [0, 0.05) is 0 Å². The Balaban J connectivity index is 0. The van der Waals surface area contributed by atoms with Crippen LogP contribution < -0.4 is 12.4 Å². The van der Waals surface area contributed by atoms with Crippen LogP contribution in [0, 0.1) is 0 Å². The van der Waals surface area contributed by atoms with Gasteiger partial charge in [0.15, 0.2) is 0 Å². The monoisotopic (exact) mass is 286 g/mol. The summed E-state index contributed by atoms with van der Waals surface area (Å²) in [4.78, 5) is 0. The third kappa shape index (κ3) is 50.2. The number of rotatable bonds is 0. The minimum atomic E-state index is 0. The minimum Gasteiger partial charge on any atom is -1.00 e. The molecule has 0 heterocycles. The smallest absolute Gasteiger partial charge is 1.00 e. The summed E-state index contributed by atoms with van der Waals surface area (Å²) in [5.74, 6) is 0. The van der Waals surface area contributed by atoms with E-state index in [2.05, 4.69) is 0 Å². The third-order valence-electron chi connectivity index (χ3n) is 0. The van der Waals surface area contributed by atoms with Crippen molar-refractivity contribution in [2.45, 2.75) is 0 Å². The second-order valence-electron chi connectivity index (χ2n) is 0. The molecule has 0 aliphatic carbocycles. The van der Waals surface area contributed by atoms with Gasteiger partial charge >= 0.3 is 22.4 Å². The Labute approximate surface area is 51.6 Å². The first-order valence-electron chi connectivity index (χ1n) is 0. The van der Waals surface area contributed by atoms with Gasteiger partial charge in [-0.05, 0) is 0 Å². The Hall–Kier alpha value is 0.910. The van der Waals surface area contributed by atoms with E-state index in [-0.39, 0.29) is 51.2 Å². The zero-order chi connectivity index (χ0) is 0. The van der Waals surface area contributed by atoms with Crippen LogP contribution >= 0.6 is 0 Å². The Morgan fingerprint density at radius 3 is 0.600 bits per heavy atom. The van der Waals surface area contributed by atoms with Crippen molar-refractivity contribution in [2.24, 2.45) is 0 Å². The maximum Gasteiger partial charge on any atom is 3.00 e. The zero-order valence-electron chi connectivity index (χ0n) is 2.18. The maximum atomic E-state index is 0. The van der Waals surface area contributed by atoms with Gasteiger partial charge in [-0.25, -0.2) is 0 Å². The fraction of sp³-hybridized carbons (Fsp3) is 0. The van der Waals surface area contributed by atoms with Crippen LogP contribution in [0.25, 0.3) is 0 Å². The van der Waals surface area contributed by atoms with E-state index in [0.717, 1.165) is 0 Å². The van der Waals surface area contributed by atoms with Gasteiger partial charge in [0.05, 0.1) is 0 Å². The van der Waals surface area contributed by atoms with E-state index < -0.39 is 0 Å². The van der Waals surface area contributed by atoms with Crippen molar-refractivity contribution in [3.8, 4) is 0 Å². The molecule has 0 saturated heterocycles. The Kier molecular flexibility index (Phi) is 3120. The normalized spacial score (nSPS) is 0. The summed E-state index contributed by atoms with van der Waals surface area (Å²) in [5, 5.41) is 0. The first-order chi connectivity index (χ1) is 0. The number of halogens is 1. The van der Waals surface area contributed by atoms with E-state index in [1.165, 1.54) is 0 Å². The van der Waals surface area contributed by atoms with Crippen LogP contribution in [0.4, 0.5) is 0 Å². The molecule has 5 heteroatoms. The molecule has 0 bridgehead atoms. The third-order valence-corrected chi connectivity index (χ3v) is 0. The molecule has 0 atom stereocenters. The van der Waals surface area contributed by atoms with Crippen molar-refractivity contribution in [3.63, 3.8) is 0 Å². The minimum absolute atomic E-state index is 0. The van der Waals surface area contributed by atoms with Crippen molar-refractivity contribution < 1.29 is 51.2 Å². The Morgan fingerprint density at radius 1 is 0.600 bits per heavy atom. The first-order valence-corrected chi connectivity index (χ1v) is 0. The molecule has 0 fully saturated rings. The van der Waals surface area contributed by atoms with Crippen LogP contribution in [0.2, 0.25) is 0 Å². The van der Waals surface area contributed by atoms with Crippen molar-refractivity contribution >= 4 is 0 Å². The second kappa shape index (κ2) is 90.6. The van der Waals surface area contributed by atoms with Crippen LogP contribution in [0.5, 0.6) is 0 Å². The summed E-state index contributed by atoms with van der Waals surface area (Å²) < 4.78 is 0. The molecular formula is H6AuClO3+2. The molecule has 0 rings (SSSR count). The quantitative estimate of drug-likeness (QED) is 0.397. The molecule has 6 N–H and O–H groups in total. The molecule has 5 heavy (non-hydrogen) atoms. The fourth-order valence-corrected chi connectivity index (χ4v) is 0. The second-order valence-corrected chi connectivity index (χ2v) is 0. The van der Waals surface area contributed by atoms with E-state index in [1.54, 1.807) is 0 Å². The predicted molar refractivity (Wildman–Crippen MR) is 10.8 cm³/mol. The predicted octanol–water partition coefficient (Wildman–Crippen LogP) is -5.47. The van der Waals surface area contributed by atoms with Gasteiger partial charge in [0.25, 0.3) is 0 Å². The van der Waals surface area contributed by atoms with E-state index in [0.29, 0.717) is 0 Å². The molecule has 0 aliphatic heterocycles. The van der Waals surface area contributed by atoms with Crippen molar-refractivity contribution in [2.75, 3.05) is 0 Å². The van der Waals surface area contributed by atoms with Crippen LogP contribution in [0.1, 0.15) is 0 Å². The Bertz CT molecular complexity index is 6.85. The SMILES string of the molecule is O.O.O.[Au+3].[Cl-]. The molecule has 0 aromatic heterocycles. The largest absolute Gasteiger partial charge is 3.00 e. The molecule has 0 aromatic rings. The van der Waals surface area contributed by atoms with Crippen molar-refractivity contribution in [1.29, 1.82) is 0 Å². The van der Waals surface area contributed by atoms with Crippen molar-refractivity contribution in [1.82, 2.24) is 0 Å². The average molecular weight is 286 g/mol. The van der Waals surface area contributed by atoms with Gasteiger partial charge in [-0.2, -0.15) is 0 Å². The zero-order valence-corrected chi connectivity index (χ0v) is 5.10.